The van der Waals surface area contributed by atoms with Gasteiger partial charge >= 0.3 is 0 Å². The van der Waals surface area contributed by atoms with E-state index in [1.165, 1.54) is 23.5 Å². The van der Waals surface area contributed by atoms with E-state index in [1.54, 1.807) is 29.9 Å². The molecule has 22 heavy (non-hydrogen) atoms. The molecule has 0 saturated heterocycles. The highest BCUT2D eigenvalue weighted by Gasteiger charge is 2.11. The standard InChI is InChI=1S/C15H12ClFN4S/c1-9(10-2-4-11(17)5-3-10)19-15-20-12(6-14(16)21-15)13-7-18-8-22-13/h2-9H,1H3,(H,19,20,21). The first-order chi connectivity index (χ1) is 10.6. The van der Waals surface area contributed by atoms with E-state index < -0.39 is 0 Å². The van der Waals surface area contributed by atoms with Crippen LogP contribution in [0.15, 0.2) is 42.0 Å². The molecule has 0 aliphatic carbocycles. The van der Waals surface area contributed by atoms with Gasteiger partial charge in [0.2, 0.25) is 5.95 Å². The largest absolute Gasteiger partial charge is 0.348 e. The van der Waals surface area contributed by atoms with Gasteiger partial charge in [-0.05, 0) is 24.6 Å². The summed E-state index contributed by atoms with van der Waals surface area (Å²) in [7, 11) is 0. The third-order valence-corrected chi connectivity index (χ3v) is 4.08. The molecule has 1 N–H and O–H groups in total. The van der Waals surface area contributed by atoms with Crippen molar-refractivity contribution in [2.45, 2.75) is 13.0 Å². The van der Waals surface area contributed by atoms with Crippen LogP contribution < -0.4 is 5.32 Å². The molecule has 1 aromatic carbocycles. The Morgan fingerprint density at radius 3 is 2.68 bits per heavy atom. The molecule has 3 rings (SSSR count). The van der Waals surface area contributed by atoms with E-state index in [0.717, 1.165) is 16.1 Å². The molecule has 3 aromatic rings. The molecule has 0 spiro atoms. The zero-order valence-electron chi connectivity index (χ0n) is 11.6. The molecule has 0 aliphatic rings. The zero-order valence-corrected chi connectivity index (χ0v) is 13.2. The minimum atomic E-state index is -0.262. The minimum absolute atomic E-state index is 0.0756. The molecule has 112 valence electrons. The molecule has 0 aliphatic heterocycles. The number of halogens is 2. The SMILES string of the molecule is CC(Nc1nc(Cl)cc(-c2cncs2)n1)c1ccc(F)cc1. The summed E-state index contributed by atoms with van der Waals surface area (Å²) >= 11 is 7.54. The number of nitrogens with zero attached hydrogens (tertiary/aromatic N) is 3. The van der Waals surface area contributed by atoms with Crippen LogP contribution in [0, 0.1) is 5.82 Å². The number of rotatable bonds is 4. The lowest BCUT2D eigenvalue weighted by Gasteiger charge is -2.14. The first-order valence-corrected chi connectivity index (χ1v) is 7.83. The van der Waals surface area contributed by atoms with Crippen LogP contribution in [-0.2, 0) is 0 Å². The normalized spacial score (nSPS) is 12.1. The Hall–Kier alpha value is -2.05. The number of anilines is 1. The van der Waals surface area contributed by atoms with Crippen molar-refractivity contribution in [2.24, 2.45) is 0 Å². The Balaban J connectivity index is 1.84. The van der Waals surface area contributed by atoms with Crippen molar-refractivity contribution in [1.29, 1.82) is 0 Å². The summed E-state index contributed by atoms with van der Waals surface area (Å²) in [5, 5.41) is 3.53. The summed E-state index contributed by atoms with van der Waals surface area (Å²) in [5.41, 5.74) is 3.39. The smallest absolute Gasteiger partial charge is 0.225 e. The monoisotopic (exact) mass is 334 g/mol. The van der Waals surface area contributed by atoms with Gasteiger partial charge in [-0.3, -0.25) is 4.98 Å². The molecular formula is C15H12ClFN4S. The maximum Gasteiger partial charge on any atom is 0.225 e. The van der Waals surface area contributed by atoms with E-state index in [0.29, 0.717) is 11.1 Å². The van der Waals surface area contributed by atoms with Gasteiger partial charge in [-0.1, -0.05) is 23.7 Å². The number of aromatic nitrogens is 3. The number of hydrogen-bond acceptors (Lipinski definition) is 5. The third-order valence-electron chi connectivity index (χ3n) is 3.10. The predicted molar refractivity (Wildman–Crippen MR) is 86.6 cm³/mol. The second kappa shape index (κ2) is 6.37. The molecule has 0 bridgehead atoms. The van der Waals surface area contributed by atoms with Crippen LogP contribution >= 0.6 is 22.9 Å². The maximum atomic E-state index is 13.0. The van der Waals surface area contributed by atoms with E-state index in [-0.39, 0.29) is 11.9 Å². The molecule has 0 amide bonds. The van der Waals surface area contributed by atoms with Gasteiger partial charge in [-0.2, -0.15) is 0 Å². The number of benzene rings is 1. The third kappa shape index (κ3) is 3.40. The second-order valence-corrected chi connectivity index (χ2v) is 5.96. The van der Waals surface area contributed by atoms with Gasteiger partial charge in [0.15, 0.2) is 0 Å². The highest BCUT2D eigenvalue weighted by molar-refractivity contribution is 7.13. The van der Waals surface area contributed by atoms with Gasteiger partial charge in [0, 0.05) is 12.3 Å². The average molecular weight is 335 g/mol. The fourth-order valence-corrected chi connectivity index (χ4v) is 2.74. The second-order valence-electron chi connectivity index (χ2n) is 4.68. The topological polar surface area (TPSA) is 50.7 Å². The summed E-state index contributed by atoms with van der Waals surface area (Å²) < 4.78 is 13.0. The van der Waals surface area contributed by atoms with E-state index in [1.807, 2.05) is 6.92 Å². The van der Waals surface area contributed by atoms with Crippen molar-refractivity contribution in [1.82, 2.24) is 15.0 Å². The summed E-state index contributed by atoms with van der Waals surface area (Å²) in [4.78, 5) is 13.6. The van der Waals surface area contributed by atoms with Crippen molar-refractivity contribution in [2.75, 3.05) is 5.32 Å². The van der Waals surface area contributed by atoms with Crippen molar-refractivity contribution in [3.05, 3.63) is 58.6 Å². The Morgan fingerprint density at radius 2 is 2.00 bits per heavy atom. The number of nitrogens with one attached hydrogen (secondary N) is 1. The fourth-order valence-electron chi connectivity index (χ4n) is 1.98. The van der Waals surface area contributed by atoms with Crippen LogP contribution in [-0.4, -0.2) is 15.0 Å². The van der Waals surface area contributed by atoms with Gasteiger partial charge in [-0.15, -0.1) is 11.3 Å². The van der Waals surface area contributed by atoms with Gasteiger partial charge in [0.05, 0.1) is 22.1 Å². The summed E-state index contributed by atoms with van der Waals surface area (Å²) in [5.74, 6) is 0.162. The summed E-state index contributed by atoms with van der Waals surface area (Å²) in [6, 6.07) is 7.92. The average Bonchev–Trinajstić information content (AvgIpc) is 3.01. The number of thiazole rings is 1. The van der Waals surface area contributed by atoms with E-state index >= 15 is 0 Å². The first kappa shape index (κ1) is 14.9. The lowest BCUT2D eigenvalue weighted by molar-refractivity contribution is 0.626. The first-order valence-electron chi connectivity index (χ1n) is 6.57. The van der Waals surface area contributed by atoms with Crippen LogP contribution in [0.4, 0.5) is 10.3 Å². The van der Waals surface area contributed by atoms with Crippen LogP contribution in [0.1, 0.15) is 18.5 Å². The van der Waals surface area contributed by atoms with Gasteiger partial charge in [0.1, 0.15) is 11.0 Å². The molecule has 1 unspecified atom stereocenters. The molecule has 7 heteroatoms. The molecule has 4 nitrogen and oxygen atoms in total. The zero-order chi connectivity index (χ0) is 15.5. The summed E-state index contributed by atoms with van der Waals surface area (Å²) in [6.07, 6.45) is 1.73. The molecule has 2 heterocycles. The predicted octanol–water partition coefficient (Wildman–Crippen LogP) is 4.57. The van der Waals surface area contributed by atoms with Crippen molar-refractivity contribution in [3.63, 3.8) is 0 Å². The van der Waals surface area contributed by atoms with E-state index in [9.17, 15) is 4.39 Å². The van der Waals surface area contributed by atoms with Crippen molar-refractivity contribution < 1.29 is 4.39 Å². The van der Waals surface area contributed by atoms with Crippen LogP contribution in [0.3, 0.4) is 0 Å². The van der Waals surface area contributed by atoms with Crippen LogP contribution in [0.25, 0.3) is 10.6 Å². The Kier molecular flexibility index (Phi) is 4.31. The maximum absolute atomic E-state index is 13.0. The molecular weight excluding hydrogens is 323 g/mol. The number of hydrogen-bond donors (Lipinski definition) is 1. The van der Waals surface area contributed by atoms with Crippen molar-refractivity contribution >= 4 is 28.9 Å². The summed E-state index contributed by atoms with van der Waals surface area (Å²) in [6.45, 7) is 1.95. The Morgan fingerprint density at radius 1 is 1.23 bits per heavy atom. The molecule has 0 saturated carbocycles. The lowest BCUT2D eigenvalue weighted by atomic mass is 10.1. The molecule has 0 radical (unpaired) electrons. The van der Waals surface area contributed by atoms with Crippen LogP contribution in [0.2, 0.25) is 5.15 Å². The Bertz CT molecular complexity index is 762. The van der Waals surface area contributed by atoms with Gasteiger partial charge < -0.3 is 5.32 Å². The molecule has 2 aromatic heterocycles. The van der Waals surface area contributed by atoms with Gasteiger partial charge in [0.25, 0.3) is 0 Å². The van der Waals surface area contributed by atoms with Crippen LogP contribution in [0.5, 0.6) is 0 Å². The quantitative estimate of drug-likeness (QED) is 0.710. The lowest BCUT2D eigenvalue weighted by Crippen LogP contribution is -2.09. The highest BCUT2D eigenvalue weighted by atomic mass is 35.5. The minimum Gasteiger partial charge on any atom is -0.348 e. The molecule has 0 fully saturated rings. The van der Waals surface area contributed by atoms with Gasteiger partial charge in [-0.25, -0.2) is 14.4 Å². The Labute approximate surface area is 136 Å². The molecule has 1 atom stereocenters. The van der Waals surface area contributed by atoms with Crippen molar-refractivity contribution in [3.8, 4) is 10.6 Å². The fraction of sp³-hybridized carbons (Fsp3) is 0.133. The van der Waals surface area contributed by atoms with E-state index in [4.69, 9.17) is 11.6 Å². The highest BCUT2D eigenvalue weighted by Crippen LogP contribution is 2.26. The van der Waals surface area contributed by atoms with E-state index in [2.05, 4.69) is 20.3 Å².